The summed E-state index contributed by atoms with van der Waals surface area (Å²) in [5.41, 5.74) is 0. The standard InChI is InChI=1S/C12H27NO2/c1-5-11(14)6-8-13-12(10(2)3)7-9-15-4/h10-14H,5-9H2,1-4H3. The molecule has 0 aromatic heterocycles. The Kier molecular flexibility index (Phi) is 9.06. The minimum absolute atomic E-state index is 0.160. The summed E-state index contributed by atoms with van der Waals surface area (Å²) >= 11 is 0. The predicted octanol–water partition coefficient (Wildman–Crippen LogP) is 1.80. The van der Waals surface area contributed by atoms with E-state index in [9.17, 15) is 5.11 Å². The van der Waals surface area contributed by atoms with E-state index in [4.69, 9.17) is 4.74 Å². The highest BCUT2D eigenvalue weighted by Crippen LogP contribution is 2.06. The van der Waals surface area contributed by atoms with Crippen molar-refractivity contribution in [2.45, 2.75) is 52.2 Å². The minimum Gasteiger partial charge on any atom is -0.393 e. The Balaban J connectivity index is 3.66. The Morgan fingerprint density at radius 3 is 2.40 bits per heavy atom. The summed E-state index contributed by atoms with van der Waals surface area (Å²) in [7, 11) is 1.73. The lowest BCUT2D eigenvalue weighted by Crippen LogP contribution is -2.36. The van der Waals surface area contributed by atoms with Crippen LogP contribution in [0.25, 0.3) is 0 Å². The van der Waals surface area contributed by atoms with Crippen molar-refractivity contribution < 1.29 is 9.84 Å². The predicted molar refractivity (Wildman–Crippen MR) is 64.0 cm³/mol. The number of methoxy groups -OCH3 is 1. The molecule has 0 aliphatic carbocycles. The van der Waals surface area contributed by atoms with Gasteiger partial charge in [0.2, 0.25) is 0 Å². The van der Waals surface area contributed by atoms with E-state index in [0.29, 0.717) is 12.0 Å². The van der Waals surface area contributed by atoms with E-state index in [0.717, 1.165) is 32.4 Å². The molecule has 92 valence electrons. The van der Waals surface area contributed by atoms with E-state index in [1.807, 2.05) is 6.92 Å². The van der Waals surface area contributed by atoms with E-state index in [-0.39, 0.29) is 6.10 Å². The van der Waals surface area contributed by atoms with Gasteiger partial charge in [0.1, 0.15) is 0 Å². The van der Waals surface area contributed by atoms with Gasteiger partial charge in [0.05, 0.1) is 6.10 Å². The second-order valence-electron chi connectivity index (χ2n) is 4.44. The highest BCUT2D eigenvalue weighted by molar-refractivity contribution is 4.71. The maximum absolute atomic E-state index is 9.42. The zero-order valence-electron chi connectivity index (χ0n) is 10.6. The van der Waals surface area contributed by atoms with Gasteiger partial charge in [-0.25, -0.2) is 0 Å². The fourth-order valence-electron chi connectivity index (χ4n) is 1.56. The Hall–Kier alpha value is -0.120. The van der Waals surface area contributed by atoms with Crippen LogP contribution in [0.15, 0.2) is 0 Å². The molecule has 0 aromatic rings. The largest absolute Gasteiger partial charge is 0.393 e. The molecular formula is C12H27NO2. The molecule has 0 radical (unpaired) electrons. The van der Waals surface area contributed by atoms with Gasteiger partial charge in [-0.3, -0.25) is 0 Å². The summed E-state index contributed by atoms with van der Waals surface area (Å²) in [5, 5.41) is 12.9. The maximum Gasteiger partial charge on any atom is 0.0549 e. The molecule has 2 N–H and O–H groups in total. The lowest BCUT2D eigenvalue weighted by molar-refractivity contribution is 0.150. The van der Waals surface area contributed by atoms with Crippen LogP contribution in [-0.4, -0.2) is 37.5 Å². The number of ether oxygens (including phenoxy) is 1. The molecule has 2 unspecified atom stereocenters. The molecule has 3 nitrogen and oxygen atoms in total. The van der Waals surface area contributed by atoms with E-state index in [1.165, 1.54) is 0 Å². The Morgan fingerprint density at radius 2 is 1.93 bits per heavy atom. The molecule has 0 fully saturated rings. The number of hydrogen-bond acceptors (Lipinski definition) is 3. The van der Waals surface area contributed by atoms with Crippen molar-refractivity contribution in [2.24, 2.45) is 5.92 Å². The zero-order valence-corrected chi connectivity index (χ0v) is 10.6. The summed E-state index contributed by atoms with van der Waals surface area (Å²) in [6.07, 6.45) is 2.56. The van der Waals surface area contributed by atoms with Crippen molar-refractivity contribution in [3.05, 3.63) is 0 Å². The van der Waals surface area contributed by atoms with E-state index in [1.54, 1.807) is 7.11 Å². The van der Waals surface area contributed by atoms with Crippen molar-refractivity contribution >= 4 is 0 Å². The van der Waals surface area contributed by atoms with Gasteiger partial charge in [-0.05, 0) is 31.7 Å². The van der Waals surface area contributed by atoms with Crippen LogP contribution in [0.1, 0.15) is 40.0 Å². The first kappa shape index (κ1) is 14.9. The third-order valence-electron chi connectivity index (χ3n) is 2.79. The second-order valence-corrected chi connectivity index (χ2v) is 4.44. The fourth-order valence-corrected chi connectivity index (χ4v) is 1.56. The topological polar surface area (TPSA) is 41.5 Å². The lowest BCUT2D eigenvalue weighted by atomic mass is 10.0. The third kappa shape index (κ3) is 7.77. The summed E-state index contributed by atoms with van der Waals surface area (Å²) in [4.78, 5) is 0. The van der Waals surface area contributed by atoms with Crippen LogP contribution in [0.5, 0.6) is 0 Å². The van der Waals surface area contributed by atoms with Gasteiger partial charge in [-0.2, -0.15) is 0 Å². The number of aliphatic hydroxyl groups excluding tert-OH is 1. The summed E-state index contributed by atoms with van der Waals surface area (Å²) in [5.74, 6) is 0.610. The van der Waals surface area contributed by atoms with Crippen LogP contribution in [-0.2, 0) is 4.74 Å². The van der Waals surface area contributed by atoms with Gasteiger partial charge >= 0.3 is 0 Å². The normalized spacial score (nSPS) is 15.6. The molecule has 0 heterocycles. The molecule has 3 heteroatoms. The number of hydrogen-bond donors (Lipinski definition) is 2. The molecule has 0 saturated heterocycles. The SMILES string of the molecule is CCC(O)CCNC(CCOC)C(C)C. The van der Waals surface area contributed by atoms with Crippen molar-refractivity contribution in [3.63, 3.8) is 0 Å². The van der Waals surface area contributed by atoms with Crippen molar-refractivity contribution in [2.75, 3.05) is 20.3 Å². The average Bonchev–Trinajstić information content (AvgIpc) is 2.22. The summed E-state index contributed by atoms with van der Waals surface area (Å²) < 4.78 is 5.08. The van der Waals surface area contributed by atoms with E-state index in [2.05, 4.69) is 19.2 Å². The van der Waals surface area contributed by atoms with Crippen LogP contribution in [0.4, 0.5) is 0 Å². The molecule has 2 atom stereocenters. The monoisotopic (exact) mass is 217 g/mol. The quantitative estimate of drug-likeness (QED) is 0.619. The van der Waals surface area contributed by atoms with Crippen molar-refractivity contribution in [1.29, 1.82) is 0 Å². The maximum atomic E-state index is 9.42. The first-order valence-electron chi connectivity index (χ1n) is 6.02. The van der Waals surface area contributed by atoms with Crippen molar-refractivity contribution in [3.8, 4) is 0 Å². The molecular weight excluding hydrogens is 190 g/mol. The molecule has 0 aliphatic rings. The van der Waals surface area contributed by atoms with Crippen molar-refractivity contribution in [1.82, 2.24) is 5.32 Å². The zero-order chi connectivity index (χ0) is 11.7. The first-order valence-corrected chi connectivity index (χ1v) is 6.02. The smallest absolute Gasteiger partial charge is 0.0549 e. The number of aliphatic hydroxyl groups is 1. The Labute approximate surface area is 94.2 Å². The molecule has 0 aromatic carbocycles. The van der Waals surface area contributed by atoms with E-state index >= 15 is 0 Å². The molecule has 0 bridgehead atoms. The molecule has 0 saturated carbocycles. The Morgan fingerprint density at radius 1 is 1.27 bits per heavy atom. The molecule has 0 amide bonds. The molecule has 15 heavy (non-hydrogen) atoms. The van der Waals surface area contributed by atoms with Gasteiger partial charge in [0.15, 0.2) is 0 Å². The minimum atomic E-state index is -0.160. The summed E-state index contributed by atoms with van der Waals surface area (Å²) in [6, 6.07) is 0.494. The number of nitrogens with one attached hydrogen (secondary N) is 1. The van der Waals surface area contributed by atoms with Gasteiger partial charge in [-0.1, -0.05) is 20.8 Å². The highest BCUT2D eigenvalue weighted by Gasteiger charge is 2.12. The van der Waals surface area contributed by atoms with Crippen LogP contribution < -0.4 is 5.32 Å². The molecule has 0 aliphatic heterocycles. The average molecular weight is 217 g/mol. The lowest BCUT2D eigenvalue weighted by Gasteiger charge is -2.22. The molecule has 0 spiro atoms. The second kappa shape index (κ2) is 9.13. The first-order chi connectivity index (χ1) is 7.11. The summed E-state index contributed by atoms with van der Waals surface area (Å²) in [6.45, 7) is 8.12. The number of rotatable bonds is 9. The van der Waals surface area contributed by atoms with Gasteiger partial charge in [0.25, 0.3) is 0 Å². The highest BCUT2D eigenvalue weighted by atomic mass is 16.5. The Bertz CT molecular complexity index is 140. The molecule has 0 rings (SSSR count). The van der Waals surface area contributed by atoms with Gasteiger partial charge in [0, 0.05) is 19.8 Å². The third-order valence-corrected chi connectivity index (χ3v) is 2.79. The van der Waals surface area contributed by atoms with Crippen LogP contribution in [0.2, 0.25) is 0 Å². The van der Waals surface area contributed by atoms with Gasteiger partial charge < -0.3 is 15.2 Å². The van der Waals surface area contributed by atoms with Crippen LogP contribution in [0.3, 0.4) is 0 Å². The fraction of sp³-hybridized carbons (Fsp3) is 1.00. The van der Waals surface area contributed by atoms with Gasteiger partial charge in [-0.15, -0.1) is 0 Å². The van der Waals surface area contributed by atoms with Crippen LogP contribution in [0, 0.1) is 5.92 Å². The van der Waals surface area contributed by atoms with E-state index < -0.39 is 0 Å². The van der Waals surface area contributed by atoms with Crippen LogP contribution >= 0.6 is 0 Å².